The lowest BCUT2D eigenvalue weighted by Gasteiger charge is -1.97. The van der Waals surface area contributed by atoms with Gasteiger partial charge < -0.3 is 0 Å². The minimum absolute atomic E-state index is 0.759. The Hall–Kier alpha value is -1.64. The summed E-state index contributed by atoms with van der Waals surface area (Å²) in [5.74, 6) is 0. The van der Waals surface area contributed by atoms with Crippen LogP contribution in [0.25, 0.3) is 21.9 Å². The summed E-state index contributed by atoms with van der Waals surface area (Å²) in [6, 6.07) is 16.0. The van der Waals surface area contributed by atoms with E-state index >= 15 is 0 Å². The molecule has 0 fully saturated rings. The lowest BCUT2D eigenvalue weighted by molar-refractivity contribution is 1.42. The average Bonchev–Trinajstić information content (AvgIpc) is 2.85. The molecule has 94 valence electrons. The van der Waals surface area contributed by atoms with Crippen molar-refractivity contribution in [1.29, 1.82) is 0 Å². The second-order valence-electron chi connectivity index (χ2n) is 4.37. The van der Waals surface area contributed by atoms with Gasteiger partial charge in [-0.3, -0.25) is 0 Å². The summed E-state index contributed by atoms with van der Waals surface area (Å²) in [4.78, 5) is 4.65. The van der Waals surface area contributed by atoms with Gasteiger partial charge in [-0.25, -0.2) is 4.98 Å². The van der Waals surface area contributed by atoms with Crippen molar-refractivity contribution in [3.8, 4) is 0 Å². The van der Waals surface area contributed by atoms with Gasteiger partial charge in [0.05, 0.1) is 10.2 Å². The molecule has 19 heavy (non-hydrogen) atoms. The molecule has 0 unspecified atom stereocenters. The van der Waals surface area contributed by atoms with Crippen LogP contribution in [0.15, 0.2) is 48.5 Å². The van der Waals surface area contributed by atoms with Crippen LogP contribution >= 0.6 is 22.9 Å². The summed E-state index contributed by atoms with van der Waals surface area (Å²) < 4.78 is 1.22. The molecule has 0 atom stereocenters. The van der Waals surface area contributed by atoms with E-state index in [1.165, 1.54) is 10.3 Å². The highest BCUT2D eigenvalue weighted by molar-refractivity contribution is 7.19. The standard InChI is InChI=1S/C16H12ClNS/c1-11(10-12-6-8-13(17)9-7-12)16-18-14-4-2-3-5-15(14)19-16/h2-10H,1H3/b11-10-. The predicted octanol–water partition coefficient (Wildman–Crippen LogP) is 5.51. The highest BCUT2D eigenvalue weighted by Crippen LogP contribution is 2.28. The van der Waals surface area contributed by atoms with E-state index < -0.39 is 0 Å². The van der Waals surface area contributed by atoms with Crippen molar-refractivity contribution in [2.45, 2.75) is 6.92 Å². The molecule has 0 radical (unpaired) electrons. The maximum atomic E-state index is 5.89. The number of hydrogen-bond acceptors (Lipinski definition) is 2. The predicted molar refractivity (Wildman–Crippen MR) is 84.6 cm³/mol. The first kappa shape index (κ1) is 12.4. The zero-order chi connectivity index (χ0) is 13.2. The van der Waals surface area contributed by atoms with Gasteiger partial charge in [0, 0.05) is 5.02 Å². The first-order chi connectivity index (χ1) is 9.22. The van der Waals surface area contributed by atoms with Gasteiger partial charge in [0.1, 0.15) is 5.01 Å². The molecule has 3 heteroatoms. The molecule has 0 bridgehead atoms. The molecule has 1 aromatic heterocycles. The van der Waals surface area contributed by atoms with Crippen molar-refractivity contribution >= 4 is 44.8 Å². The van der Waals surface area contributed by atoms with Crippen LogP contribution < -0.4 is 0 Å². The second kappa shape index (κ2) is 5.16. The van der Waals surface area contributed by atoms with Gasteiger partial charge in [0.2, 0.25) is 0 Å². The van der Waals surface area contributed by atoms with Crippen molar-refractivity contribution < 1.29 is 0 Å². The summed E-state index contributed by atoms with van der Waals surface area (Å²) in [6.07, 6.45) is 2.13. The van der Waals surface area contributed by atoms with Gasteiger partial charge >= 0.3 is 0 Å². The quantitative estimate of drug-likeness (QED) is 0.605. The smallest absolute Gasteiger partial charge is 0.120 e. The normalized spacial score (nSPS) is 12.0. The van der Waals surface area contributed by atoms with E-state index in [9.17, 15) is 0 Å². The Balaban J connectivity index is 1.98. The Morgan fingerprint density at radius 2 is 1.84 bits per heavy atom. The maximum Gasteiger partial charge on any atom is 0.120 e. The zero-order valence-electron chi connectivity index (χ0n) is 10.4. The molecule has 0 aliphatic carbocycles. The fraction of sp³-hybridized carbons (Fsp3) is 0.0625. The molecule has 0 aliphatic rings. The average molecular weight is 286 g/mol. The Labute approximate surface area is 121 Å². The van der Waals surface area contributed by atoms with E-state index in [2.05, 4.69) is 24.1 Å². The molecule has 3 rings (SSSR count). The number of halogens is 1. The van der Waals surface area contributed by atoms with Gasteiger partial charge in [0.15, 0.2) is 0 Å². The number of allylic oxidation sites excluding steroid dienone is 1. The Kier molecular flexibility index (Phi) is 3.36. The molecule has 0 spiro atoms. The third-order valence-electron chi connectivity index (χ3n) is 2.88. The Morgan fingerprint density at radius 1 is 1.11 bits per heavy atom. The summed E-state index contributed by atoms with van der Waals surface area (Å²) in [7, 11) is 0. The molecule has 0 saturated carbocycles. The van der Waals surface area contributed by atoms with Crippen molar-refractivity contribution in [3.05, 3.63) is 64.1 Å². The first-order valence-corrected chi connectivity index (χ1v) is 7.21. The van der Waals surface area contributed by atoms with E-state index in [0.717, 1.165) is 21.1 Å². The third-order valence-corrected chi connectivity index (χ3v) is 4.31. The molecule has 2 aromatic carbocycles. The van der Waals surface area contributed by atoms with E-state index in [1.807, 2.05) is 42.5 Å². The van der Waals surface area contributed by atoms with Crippen LogP contribution in [-0.4, -0.2) is 4.98 Å². The fourth-order valence-corrected chi connectivity index (χ4v) is 2.97. The molecule has 0 amide bonds. The van der Waals surface area contributed by atoms with Crippen LogP contribution in [0.3, 0.4) is 0 Å². The number of benzene rings is 2. The first-order valence-electron chi connectivity index (χ1n) is 6.02. The van der Waals surface area contributed by atoms with E-state index in [-0.39, 0.29) is 0 Å². The monoisotopic (exact) mass is 285 g/mol. The Morgan fingerprint density at radius 3 is 2.58 bits per heavy atom. The van der Waals surface area contributed by atoms with Crippen LogP contribution in [0.1, 0.15) is 17.5 Å². The molecule has 0 aliphatic heterocycles. The molecule has 3 aromatic rings. The number of fused-ring (bicyclic) bond motifs is 1. The summed E-state index contributed by atoms with van der Waals surface area (Å²) in [5, 5.41) is 1.82. The number of nitrogens with zero attached hydrogens (tertiary/aromatic N) is 1. The summed E-state index contributed by atoms with van der Waals surface area (Å²) >= 11 is 7.61. The van der Waals surface area contributed by atoms with E-state index in [4.69, 9.17) is 11.6 Å². The van der Waals surface area contributed by atoms with Crippen molar-refractivity contribution in [2.24, 2.45) is 0 Å². The van der Waals surface area contributed by atoms with Crippen LogP contribution in [0.2, 0.25) is 5.02 Å². The fourth-order valence-electron chi connectivity index (χ4n) is 1.91. The van der Waals surface area contributed by atoms with Gasteiger partial charge in [-0.05, 0) is 48.4 Å². The van der Waals surface area contributed by atoms with Crippen LogP contribution in [0.5, 0.6) is 0 Å². The molecule has 1 heterocycles. The molecule has 1 nitrogen and oxygen atoms in total. The maximum absolute atomic E-state index is 5.89. The molecule has 0 N–H and O–H groups in total. The van der Waals surface area contributed by atoms with Crippen LogP contribution in [0.4, 0.5) is 0 Å². The topological polar surface area (TPSA) is 12.9 Å². The van der Waals surface area contributed by atoms with Crippen LogP contribution in [-0.2, 0) is 0 Å². The minimum atomic E-state index is 0.759. The minimum Gasteiger partial charge on any atom is -0.236 e. The molecular formula is C16H12ClNS. The van der Waals surface area contributed by atoms with Gasteiger partial charge in [-0.2, -0.15) is 0 Å². The third kappa shape index (κ3) is 2.70. The number of hydrogen-bond donors (Lipinski definition) is 0. The number of para-hydroxylation sites is 1. The van der Waals surface area contributed by atoms with Gasteiger partial charge in [-0.15, -0.1) is 11.3 Å². The lowest BCUT2D eigenvalue weighted by atomic mass is 10.1. The molecular weight excluding hydrogens is 274 g/mol. The highest BCUT2D eigenvalue weighted by Gasteiger charge is 2.04. The van der Waals surface area contributed by atoms with E-state index in [1.54, 1.807) is 11.3 Å². The lowest BCUT2D eigenvalue weighted by Crippen LogP contribution is -1.78. The Bertz CT molecular complexity index is 708. The number of thiazole rings is 1. The second-order valence-corrected chi connectivity index (χ2v) is 5.83. The number of aromatic nitrogens is 1. The van der Waals surface area contributed by atoms with Crippen molar-refractivity contribution in [2.75, 3.05) is 0 Å². The van der Waals surface area contributed by atoms with E-state index in [0.29, 0.717) is 0 Å². The SMILES string of the molecule is C/C(=C/c1ccc(Cl)cc1)c1nc2ccccc2s1. The largest absolute Gasteiger partial charge is 0.236 e. The van der Waals surface area contributed by atoms with Crippen molar-refractivity contribution in [1.82, 2.24) is 4.98 Å². The number of rotatable bonds is 2. The summed E-state index contributed by atoms with van der Waals surface area (Å²) in [6.45, 7) is 2.09. The van der Waals surface area contributed by atoms with Gasteiger partial charge in [-0.1, -0.05) is 35.9 Å². The van der Waals surface area contributed by atoms with Crippen molar-refractivity contribution in [3.63, 3.8) is 0 Å². The van der Waals surface area contributed by atoms with Crippen LogP contribution in [0, 0.1) is 0 Å². The zero-order valence-corrected chi connectivity index (χ0v) is 12.0. The summed E-state index contributed by atoms with van der Waals surface area (Å²) in [5.41, 5.74) is 3.37. The molecule has 0 saturated heterocycles. The van der Waals surface area contributed by atoms with Gasteiger partial charge in [0.25, 0.3) is 0 Å². The highest BCUT2D eigenvalue weighted by atomic mass is 35.5.